The molecule has 0 fully saturated rings. The molecule has 0 spiro atoms. The molecule has 19 heavy (non-hydrogen) atoms. The fraction of sp³-hybridized carbons (Fsp3) is 0.467. The monoisotopic (exact) mass is 261 g/mol. The van der Waals surface area contributed by atoms with Crippen LogP contribution in [0.25, 0.3) is 0 Å². The topological polar surface area (TPSA) is 57.6 Å². The van der Waals surface area contributed by atoms with E-state index in [1.807, 2.05) is 11.0 Å². The van der Waals surface area contributed by atoms with Gasteiger partial charge in [0.2, 0.25) is 5.91 Å². The molecule has 0 aromatic heterocycles. The molecule has 0 unspecified atom stereocenters. The molecule has 1 aromatic carbocycles. The Hall–Kier alpha value is -1.84. The van der Waals surface area contributed by atoms with E-state index in [0.717, 1.165) is 24.0 Å². The summed E-state index contributed by atoms with van der Waals surface area (Å²) in [5.74, 6) is -0.712. The number of hydrogen-bond acceptors (Lipinski definition) is 2. The van der Waals surface area contributed by atoms with Gasteiger partial charge >= 0.3 is 5.97 Å². The zero-order valence-electron chi connectivity index (χ0n) is 11.2. The molecule has 0 bridgehead atoms. The van der Waals surface area contributed by atoms with Crippen LogP contribution in [0.5, 0.6) is 0 Å². The van der Waals surface area contributed by atoms with Gasteiger partial charge in [0.05, 0.1) is 5.56 Å². The number of benzene rings is 1. The molecule has 102 valence electrons. The Morgan fingerprint density at radius 2 is 2.16 bits per heavy atom. The standard InChI is InChI=1S/C15H19NO3/c1-2-3-7-14(17)16-9-8-12-11(10-16)5-4-6-13(12)15(18)19/h4-6H,2-3,7-10H2,1H3,(H,18,19). The molecule has 1 aliphatic rings. The highest BCUT2D eigenvalue weighted by molar-refractivity contribution is 5.90. The van der Waals surface area contributed by atoms with Gasteiger partial charge in [-0.1, -0.05) is 25.5 Å². The first-order valence-electron chi connectivity index (χ1n) is 6.75. The highest BCUT2D eigenvalue weighted by Crippen LogP contribution is 2.23. The van der Waals surface area contributed by atoms with E-state index in [1.165, 1.54) is 0 Å². The first-order valence-corrected chi connectivity index (χ1v) is 6.75. The Morgan fingerprint density at radius 3 is 2.84 bits per heavy atom. The van der Waals surface area contributed by atoms with Crippen LogP contribution >= 0.6 is 0 Å². The minimum absolute atomic E-state index is 0.174. The number of unbranched alkanes of at least 4 members (excludes halogenated alkanes) is 1. The largest absolute Gasteiger partial charge is 0.478 e. The summed E-state index contributed by atoms with van der Waals surface area (Å²) in [4.78, 5) is 25.0. The van der Waals surface area contributed by atoms with Crippen molar-refractivity contribution in [3.8, 4) is 0 Å². The van der Waals surface area contributed by atoms with Crippen molar-refractivity contribution in [1.82, 2.24) is 4.90 Å². The van der Waals surface area contributed by atoms with Crippen molar-refractivity contribution < 1.29 is 14.7 Å². The van der Waals surface area contributed by atoms with Crippen molar-refractivity contribution in [3.63, 3.8) is 0 Å². The number of aromatic carboxylic acids is 1. The summed E-state index contributed by atoms with van der Waals surface area (Å²) in [6.07, 6.45) is 3.15. The molecule has 1 aromatic rings. The van der Waals surface area contributed by atoms with Gasteiger partial charge in [0.25, 0.3) is 0 Å². The summed E-state index contributed by atoms with van der Waals surface area (Å²) in [5, 5.41) is 9.15. The van der Waals surface area contributed by atoms with Crippen LogP contribution in [-0.4, -0.2) is 28.4 Å². The lowest BCUT2D eigenvalue weighted by molar-refractivity contribution is -0.132. The molecule has 0 saturated heterocycles. The molecule has 4 heteroatoms. The van der Waals surface area contributed by atoms with Crippen molar-refractivity contribution in [2.24, 2.45) is 0 Å². The lowest BCUT2D eigenvalue weighted by Crippen LogP contribution is -2.36. The number of carboxylic acid groups (broad SMARTS) is 1. The predicted octanol–water partition coefficient (Wildman–Crippen LogP) is 2.46. The number of carbonyl (C=O) groups excluding carboxylic acids is 1. The number of fused-ring (bicyclic) bond motifs is 1. The summed E-state index contributed by atoms with van der Waals surface area (Å²) < 4.78 is 0. The Morgan fingerprint density at radius 1 is 1.37 bits per heavy atom. The first-order chi connectivity index (χ1) is 9.13. The molecule has 1 aliphatic heterocycles. The number of nitrogens with zero attached hydrogens (tertiary/aromatic N) is 1. The number of hydrogen-bond donors (Lipinski definition) is 1. The molecular formula is C15H19NO3. The zero-order valence-corrected chi connectivity index (χ0v) is 11.2. The van der Waals surface area contributed by atoms with Gasteiger partial charge in [0.1, 0.15) is 0 Å². The third-order valence-electron chi connectivity index (χ3n) is 3.59. The third-order valence-corrected chi connectivity index (χ3v) is 3.59. The Kier molecular flexibility index (Phi) is 4.20. The van der Waals surface area contributed by atoms with Gasteiger partial charge < -0.3 is 10.0 Å². The fourth-order valence-electron chi connectivity index (χ4n) is 2.51. The van der Waals surface area contributed by atoms with Crippen LogP contribution in [0, 0.1) is 0 Å². The minimum atomic E-state index is -0.886. The Balaban J connectivity index is 2.14. The molecule has 1 N–H and O–H groups in total. The molecule has 1 heterocycles. The lowest BCUT2D eigenvalue weighted by atomic mass is 9.94. The third kappa shape index (κ3) is 2.95. The quantitative estimate of drug-likeness (QED) is 0.905. The van der Waals surface area contributed by atoms with Gasteiger partial charge in [-0.25, -0.2) is 4.79 Å². The van der Waals surface area contributed by atoms with Crippen LogP contribution < -0.4 is 0 Å². The van der Waals surface area contributed by atoms with Crippen molar-refractivity contribution in [2.45, 2.75) is 39.2 Å². The van der Waals surface area contributed by atoms with Crippen molar-refractivity contribution in [3.05, 3.63) is 34.9 Å². The fourth-order valence-corrected chi connectivity index (χ4v) is 2.51. The molecule has 0 aliphatic carbocycles. The summed E-state index contributed by atoms with van der Waals surface area (Å²) in [5.41, 5.74) is 2.23. The summed E-state index contributed by atoms with van der Waals surface area (Å²) in [7, 11) is 0. The summed E-state index contributed by atoms with van der Waals surface area (Å²) in [6.45, 7) is 3.23. The molecule has 1 amide bonds. The van der Waals surface area contributed by atoms with E-state index in [0.29, 0.717) is 31.5 Å². The van der Waals surface area contributed by atoms with Crippen molar-refractivity contribution in [1.29, 1.82) is 0 Å². The summed E-state index contributed by atoms with van der Waals surface area (Å²) in [6, 6.07) is 5.30. The molecule has 0 saturated carbocycles. The van der Waals surface area contributed by atoms with Gasteiger partial charge in [-0.3, -0.25) is 4.79 Å². The van der Waals surface area contributed by atoms with Crippen LogP contribution in [-0.2, 0) is 17.8 Å². The molecule has 2 rings (SSSR count). The maximum absolute atomic E-state index is 12.0. The molecule has 4 nitrogen and oxygen atoms in total. The predicted molar refractivity (Wildman–Crippen MR) is 72.0 cm³/mol. The van der Waals surface area contributed by atoms with Gasteiger partial charge in [-0.15, -0.1) is 0 Å². The van der Waals surface area contributed by atoms with E-state index in [-0.39, 0.29) is 5.91 Å². The second-order valence-electron chi connectivity index (χ2n) is 4.92. The number of rotatable bonds is 4. The van der Waals surface area contributed by atoms with Crippen molar-refractivity contribution >= 4 is 11.9 Å². The lowest BCUT2D eigenvalue weighted by Gasteiger charge is -2.29. The van der Waals surface area contributed by atoms with E-state index in [9.17, 15) is 9.59 Å². The Labute approximate surface area is 113 Å². The average Bonchev–Trinajstić information content (AvgIpc) is 2.43. The van der Waals surface area contributed by atoms with Crippen LogP contribution in [0.1, 0.15) is 47.7 Å². The van der Waals surface area contributed by atoms with Gasteiger partial charge in [-0.2, -0.15) is 0 Å². The second-order valence-corrected chi connectivity index (χ2v) is 4.92. The maximum atomic E-state index is 12.0. The smallest absolute Gasteiger partial charge is 0.335 e. The maximum Gasteiger partial charge on any atom is 0.335 e. The minimum Gasteiger partial charge on any atom is -0.478 e. The first kappa shape index (κ1) is 13.6. The molecule has 0 atom stereocenters. The van der Waals surface area contributed by atoms with E-state index in [2.05, 4.69) is 6.92 Å². The van der Waals surface area contributed by atoms with Crippen LogP contribution in [0.3, 0.4) is 0 Å². The van der Waals surface area contributed by atoms with Crippen LogP contribution in [0.2, 0.25) is 0 Å². The van der Waals surface area contributed by atoms with E-state index >= 15 is 0 Å². The van der Waals surface area contributed by atoms with Gasteiger partial charge in [0.15, 0.2) is 0 Å². The van der Waals surface area contributed by atoms with E-state index in [4.69, 9.17) is 5.11 Å². The van der Waals surface area contributed by atoms with Crippen molar-refractivity contribution in [2.75, 3.05) is 6.54 Å². The number of amides is 1. The highest BCUT2D eigenvalue weighted by Gasteiger charge is 2.23. The number of carboxylic acids is 1. The van der Waals surface area contributed by atoms with Gasteiger partial charge in [0, 0.05) is 19.5 Å². The van der Waals surface area contributed by atoms with Gasteiger partial charge in [-0.05, 0) is 30.0 Å². The van der Waals surface area contributed by atoms with Crippen LogP contribution in [0.4, 0.5) is 0 Å². The zero-order chi connectivity index (χ0) is 13.8. The molecule has 0 radical (unpaired) electrons. The van der Waals surface area contributed by atoms with E-state index in [1.54, 1.807) is 12.1 Å². The average molecular weight is 261 g/mol. The SMILES string of the molecule is CCCCC(=O)N1CCc2c(cccc2C(=O)O)C1. The molecular weight excluding hydrogens is 242 g/mol. The van der Waals surface area contributed by atoms with Crippen LogP contribution in [0.15, 0.2) is 18.2 Å². The van der Waals surface area contributed by atoms with E-state index < -0.39 is 5.97 Å². The number of carbonyl (C=O) groups is 2. The normalized spacial score (nSPS) is 14.1. The second kappa shape index (κ2) is 5.87. The Bertz CT molecular complexity index is 496. The highest BCUT2D eigenvalue weighted by atomic mass is 16.4. The summed E-state index contributed by atoms with van der Waals surface area (Å²) >= 11 is 0.